The average Bonchev–Trinajstić information content (AvgIpc) is 2.57. The number of amides is 2. The van der Waals surface area contributed by atoms with E-state index in [9.17, 15) is 9.59 Å². The minimum atomic E-state index is -0.565. The Morgan fingerprint density at radius 3 is 2.17 bits per heavy atom. The zero-order valence-corrected chi connectivity index (χ0v) is 14.4. The summed E-state index contributed by atoms with van der Waals surface area (Å²) in [6.45, 7) is 4.65. The molecule has 0 unspecified atom stereocenters. The summed E-state index contributed by atoms with van der Waals surface area (Å²) in [4.78, 5) is 23.6. The quantitative estimate of drug-likeness (QED) is 0.510. The number of carbonyl (C=O) groups excluding carboxylic acids is 2. The number of rotatable bonds is 10. The largest absolute Gasteiger partial charge is 0.348 e. The summed E-state index contributed by atoms with van der Waals surface area (Å²) in [6.07, 6.45) is 8.35. The van der Waals surface area contributed by atoms with Crippen LogP contribution in [0.5, 0.6) is 0 Å². The zero-order valence-electron chi connectivity index (χ0n) is 14.4. The molecule has 2 N–H and O–H groups in total. The van der Waals surface area contributed by atoms with Gasteiger partial charge in [-0.2, -0.15) is 0 Å². The molecule has 1 aromatic carbocycles. The Morgan fingerprint density at radius 1 is 0.913 bits per heavy atom. The van der Waals surface area contributed by atoms with Crippen molar-refractivity contribution in [1.29, 1.82) is 0 Å². The van der Waals surface area contributed by atoms with Crippen LogP contribution in [0.2, 0.25) is 0 Å². The van der Waals surface area contributed by atoms with E-state index in [1.54, 1.807) is 0 Å². The molecule has 4 heteroatoms. The highest BCUT2D eigenvalue weighted by molar-refractivity contribution is 6.35. The van der Waals surface area contributed by atoms with Crippen molar-refractivity contribution in [1.82, 2.24) is 10.6 Å². The molecule has 128 valence electrons. The second-order valence-electron chi connectivity index (χ2n) is 5.98. The first-order chi connectivity index (χ1) is 11.1. The van der Waals surface area contributed by atoms with Gasteiger partial charge in [-0.1, -0.05) is 75.8 Å². The van der Waals surface area contributed by atoms with Gasteiger partial charge in [0.05, 0.1) is 6.04 Å². The van der Waals surface area contributed by atoms with Gasteiger partial charge in [0.15, 0.2) is 0 Å². The highest BCUT2D eigenvalue weighted by Gasteiger charge is 2.16. The maximum absolute atomic E-state index is 11.8. The molecule has 1 atom stereocenters. The van der Waals surface area contributed by atoms with Crippen LogP contribution in [-0.4, -0.2) is 18.4 Å². The second kappa shape index (κ2) is 11.7. The Labute approximate surface area is 140 Å². The number of nitrogens with one attached hydrogen (secondary N) is 2. The Balaban J connectivity index is 2.13. The smallest absolute Gasteiger partial charge is 0.309 e. The first kappa shape index (κ1) is 19.2. The van der Waals surface area contributed by atoms with Crippen molar-refractivity contribution in [3.63, 3.8) is 0 Å². The molecular weight excluding hydrogens is 288 g/mol. The van der Waals surface area contributed by atoms with Crippen molar-refractivity contribution in [2.45, 2.75) is 64.8 Å². The third-order valence-corrected chi connectivity index (χ3v) is 3.92. The van der Waals surface area contributed by atoms with Gasteiger partial charge in [-0.25, -0.2) is 0 Å². The van der Waals surface area contributed by atoms with Crippen molar-refractivity contribution in [2.75, 3.05) is 6.54 Å². The number of carbonyl (C=O) groups is 2. The maximum atomic E-state index is 11.8. The molecule has 0 radical (unpaired) electrons. The van der Waals surface area contributed by atoms with Crippen LogP contribution < -0.4 is 10.6 Å². The van der Waals surface area contributed by atoms with E-state index in [0.29, 0.717) is 6.54 Å². The lowest BCUT2D eigenvalue weighted by Crippen LogP contribution is -2.41. The van der Waals surface area contributed by atoms with E-state index in [1.807, 2.05) is 37.3 Å². The summed E-state index contributed by atoms with van der Waals surface area (Å²) in [5.74, 6) is -1.11. The molecule has 0 aliphatic carbocycles. The van der Waals surface area contributed by atoms with Crippen LogP contribution in [0.25, 0.3) is 0 Å². The summed E-state index contributed by atoms with van der Waals surface area (Å²) in [6, 6.07) is 9.44. The van der Waals surface area contributed by atoms with Crippen LogP contribution in [0.3, 0.4) is 0 Å². The molecule has 0 saturated carbocycles. The molecule has 4 nitrogen and oxygen atoms in total. The third kappa shape index (κ3) is 8.38. The Hall–Kier alpha value is -1.84. The van der Waals surface area contributed by atoms with Gasteiger partial charge in [0.25, 0.3) is 0 Å². The van der Waals surface area contributed by atoms with Crippen LogP contribution in [0, 0.1) is 0 Å². The van der Waals surface area contributed by atoms with Gasteiger partial charge >= 0.3 is 11.8 Å². The molecule has 0 saturated heterocycles. The summed E-state index contributed by atoms with van der Waals surface area (Å²) in [5, 5.41) is 5.41. The van der Waals surface area contributed by atoms with Gasteiger partial charge in [-0.05, 0) is 18.9 Å². The fraction of sp³-hybridized carbons (Fsp3) is 0.579. The van der Waals surface area contributed by atoms with Crippen LogP contribution in [0.15, 0.2) is 30.3 Å². The van der Waals surface area contributed by atoms with E-state index < -0.39 is 11.8 Å². The molecule has 0 bridgehead atoms. The predicted octanol–water partition coefficient (Wildman–Crippen LogP) is 3.73. The third-order valence-electron chi connectivity index (χ3n) is 3.92. The van der Waals surface area contributed by atoms with E-state index in [4.69, 9.17) is 0 Å². The standard InChI is InChI=1S/C19H30N2O2/c1-3-4-5-6-7-8-12-15-20-18(22)19(23)21-16(2)17-13-10-9-11-14-17/h9-11,13-14,16H,3-8,12,15H2,1-2H3,(H,20,22)(H,21,23)/t16-/m0/s1. The van der Waals surface area contributed by atoms with Gasteiger partial charge < -0.3 is 10.6 Å². The van der Waals surface area contributed by atoms with E-state index in [-0.39, 0.29) is 6.04 Å². The van der Waals surface area contributed by atoms with Crippen LogP contribution in [-0.2, 0) is 9.59 Å². The molecule has 1 aromatic rings. The zero-order chi connectivity index (χ0) is 16.9. The first-order valence-electron chi connectivity index (χ1n) is 8.78. The number of hydrogen-bond donors (Lipinski definition) is 2. The van der Waals surface area contributed by atoms with Crippen molar-refractivity contribution in [3.05, 3.63) is 35.9 Å². The van der Waals surface area contributed by atoms with Crippen molar-refractivity contribution in [2.24, 2.45) is 0 Å². The highest BCUT2D eigenvalue weighted by Crippen LogP contribution is 2.10. The molecule has 0 spiro atoms. The molecule has 0 heterocycles. The van der Waals surface area contributed by atoms with Gasteiger partial charge in [-0.3, -0.25) is 9.59 Å². The van der Waals surface area contributed by atoms with Crippen molar-refractivity contribution < 1.29 is 9.59 Å². The summed E-state index contributed by atoms with van der Waals surface area (Å²) < 4.78 is 0. The minimum Gasteiger partial charge on any atom is -0.348 e. The number of hydrogen-bond acceptors (Lipinski definition) is 2. The van der Waals surface area contributed by atoms with E-state index >= 15 is 0 Å². The molecule has 23 heavy (non-hydrogen) atoms. The SMILES string of the molecule is CCCCCCCCCNC(=O)C(=O)N[C@@H](C)c1ccccc1. The summed E-state index contributed by atoms with van der Waals surface area (Å²) in [5.41, 5.74) is 0.987. The van der Waals surface area contributed by atoms with Gasteiger partial charge in [0.1, 0.15) is 0 Å². The Kier molecular flexibility index (Phi) is 9.76. The average molecular weight is 318 g/mol. The van der Waals surface area contributed by atoms with E-state index in [1.165, 1.54) is 32.1 Å². The molecule has 0 fully saturated rings. The molecule has 1 rings (SSSR count). The molecule has 0 aliphatic rings. The highest BCUT2D eigenvalue weighted by atomic mass is 16.2. The van der Waals surface area contributed by atoms with Gasteiger partial charge in [-0.15, -0.1) is 0 Å². The molecule has 0 aliphatic heterocycles. The van der Waals surface area contributed by atoms with Gasteiger partial charge in [0, 0.05) is 6.54 Å². The van der Waals surface area contributed by atoms with E-state index in [2.05, 4.69) is 17.6 Å². The molecule has 0 aromatic heterocycles. The minimum absolute atomic E-state index is 0.173. The lowest BCUT2D eigenvalue weighted by Gasteiger charge is -2.14. The fourth-order valence-electron chi connectivity index (χ4n) is 2.45. The Bertz CT molecular complexity index is 460. The first-order valence-corrected chi connectivity index (χ1v) is 8.78. The van der Waals surface area contributed by atoms with Crippen LogP contribution >= 0.6 is 0 Å². The summed E-state index contributed by atoms with van der Waals surface area (Å²) >= 11 is 0. The Morgan fingerprint density at radius 2 is 1.52 bits per heavy atom. The predicted molar refractivity (Wildman–Crippen MR) is 94.0 cm³/mol. The van der Waals surface area contributed by atoms with Crippen LogP contribution in [0.1, 0.15) is 70.4 Å². The second-order valence-corrected chi connectivity index (χ2v) is 5.98. The van der Waals surface area contributed by atoms with E-state index in [0.717, 1.165) is 18.4 Å². The number of unbranched alkanes of at least 4 members (excludes halogenated alkanes) is 6. The van der Waals surface area contributed by atoms with Crippen molar-refractivity contribution in [3.8, 4) is 0 Å². The molecule has 2 amide bonds. The fourth-order valence-corrected chi connectivity index (χ4v) is 2.45. The lowest BCUT2D eigenvalue weighted by molar-refractivity contribution is -0.139. The van der Waals surface area contributed by atoms with Crippen LogP contribution in [0.4, 0.5) is 0 Å². The van der Waals surface area contributed by atoms with Gasteiger partial charge in [0.2, 0.25) is 0 Å². The molecular formula is C19H30N2O2. The van der Waals surface area contributed by atoms with Crippen molar-refractivity contribution >= 4 is 11.8 Å². The monoisotopic (exact) mass is 318 g/mol. The lowest BCUT2D eigenvalue weighted by atomic mass is 10.1. The topological polar surface area (TPSA) is 58.2 Å². The normalized spacial score (nSPS) is 11.7. The summed E-state index contributed by atoms with van der Waals surface area (Å²) in [7, 11) is 0. The number of benzene rings is 1. The maximum Gasteiger partial charge on any atom is 0.309 e.